The molecule has 1 aliphatic rings. The van der Waals surface area contributed by atoms with Crippen molar-refractivity contribution in [3.05, 3.63) is 65.9 Å². The van der Waals surface area contributed by atoms with E-state index in [1.54, 1.807) is 0 Å². The highest BCUT2D eigenvalue weighted by molar-refractivity contribution is 5.98. The van der Waals surface area contributed by atoms with Gasteiger partial charge in [-0.25, -0.2) is 0 Å². The Labute approximate surface area is 153 Å². The normalized spacial score (nSPS) is 15.8. The van der Waals surface area contributed by atoms with Crippen LogP contribution < -0.4 is 10.2 Å². The smallest absolute Gasteiger partial charge is 0.268 e. The molecule has 2 N–H and O–H groups in total. The van der Waals surface area contributed by atoms with Gasteiger partial charge in [-0.15, -0.1) is 0 Å². The van der Waals surface area contributed by atoms with E-state index in [-0.39, 0.29) is 11.9 Å². The van der Waals surface area contributed by atoms with Crippen LogP contribution in [0.4, 0.5) is 5.69 Å². The van der Waals surface area contributed by atoms with Crippen molar-refractivity contribution in [3.63, 3.8) is 0 Å². The molecule has 0 aliphatic carbocycles. The monoisotopic (exact) mass is 349 g/mol. The minimum atomic E-state index is -0.0917. The summed E-state index contributed by atoms with van der Waals surface area (Å²) in [6.45, 7) is 5.40. The lowest BCUT2D eigenvalue weighted by atomic mass is 10.1. The van der Waals surface area contributed by atoms with Gasteiger partial charge in [0.1, 0.15) is 5.69 Å². The Morgan fingerprint density at radius 1 is 1.12 bits per heavy atom. The maximum Gasteiger partial charge on any atom is 0.268 e. The fourth-order valence-corrected chi connectivity index (χ4v) is 3.35. The molecule has 0 bridgehead atoms. The van der Waals surface area contributed by atoms with Crippen LogP contribution in [-0.4, -0.2) is 37.2 Å². The second kappa shape index (κ2) is 7.22. The van der Waals surface area contributed by atoms with E-state index < -0.39 is 0 Å². The van der Waals surface area contributed by atoms with Gasteiger partial charge in [0, 0.05) is 29.7 Å². The molecule has 4 rings (SSSR count). The topological polar surface area (TPSA) is 57.4 Å². The number of hydrogen-bond donors (Lipinski definition) is 2. The zero-order valence-electron chi connectivity index (χ0n) is 14.9. The van der Waals surface area contributed by atoms with Crippen molar-refractivity contribution in [3.8, 4) is 0 Å². The molecule has 0 saturated carbocycles. The maximum atomic E-state index is 12.5. The van der Waals surface area contributed by atoms with E-state index in [1.807, 2.05) is 37.3 Å². The molecule has 1 saturated heterocycles. The number of benzene rings is 2. The van der Waals surface area contributed by atoms with Crippen LogP contribution >= 0.6 is 0 Å². The summed E-state index contributed by atoms with van der Waals surface area (Å²) in [6, 6.07) is 18.1. The Morgan fingerprint density at radius 3 is 2.58 bits per heavy atom. The molecule has 3 aromatic rings. The number of carbonyl (C=O) groups is 1. The number of fused-ring (bicyclic) bond motifs is 1. The summed E-state index contributed by atoms with van der Waals surface area (Å²) in [7, 11) is 0. The van der Waals surface area contributed by atoms with E-state index in [0.717, 1.165) is 42.8 Å². The molecule has 5 heteroatoms. The average molecular weight is 349 g/mol. The zero-order chi connectivity index (χ0) is 17.9. The Balaban J connectivity index is 1.43. The molecule has 2 heterocycles. The van der Waals surface area contributed by atoms with Crippen molar-refractivity contribution in [2.75, 3.05) is 31.2 Å². The number of nitrogens with one attached hydrogen (secondary N) is 2. The number of aromatic nitrogens is 1. The number of hydrogen-bond acceptors (Lipinski definition) is 3. The minimum Gasteiger partial charge on any atom is -0.378 e. The second-order valence-electron chi connectivity index (χ2n) is 6.66. The Bertz CT molecular complexity index is 862. The third-order valence-electron chi connectivity index (χ3n) is 4.89. The Morgan fingerprint density at radius 2 is 1.85 bits per heavy atom. The number of nitrogens with zero attached hydrogens (tertiary/aromatic N) is 1. The number of rotatable bonds is 4. The number of aromatic amines is 1. The van der Waals surface area contributed by atoms with Crippen molar-refractivity contribution >= 4 is 22.5 Å². The highest BCUT2D eigenvalue weighted by Crippen LogP contribution is 2.21. The summed E-state index contributed by atoms with van der Waals surface area (Å²) in [5, 5.41) is 4.11. The minimum absolute atomic E-state index is 0.0624. The molecule has 1 fully saturated rings. The summed E-state index contributed by atoms with van der Waals surface area (Å²) >= 11 is 0. The second-order valence-corrected chi connectivity index (χ2v) is 6.66. The van der Waals surface area contributed by atoms with E-state index in [9.17, 15) is 4.79 Å². The van der Waals surface area contributed by atoms with Crippen LogP contribution in [-0.2, 0) is 4.74 Å². The molecule has 1 aromatic heterocycles. The molecule has 1 aliphatic heterocycles. The van der Waals surface area contributed by atoms with Gasteiger partial charge in [-0.2, -0.15) is 0 Å². The number of anilines is 1. The number of H-pyrrole nitrogens is 1. The van der Waals surface area contributed by atoms with Gasteiger partial charge in [0.25, 0.3) is 5.91 Å². The summed E-state index contributed by atoms with van der Waals surface area (Å²) < 4.78 is 5.40. The average Bonchev–Trinajstić information content (AvgIpc) is 3.13. The summed E-state index contributed by atoms with van der Waals surface area (Å²) in [5.41, 5.74) is 3.85. The first-order valence-electron chi connectivity index (χ1n) is 9.02. The van der Waals surface area contributed by atoms with Crippen molar-refractivity contribution in [1.29, 1.82) is 0 Å². The molecule has 1 amide bonds. The standard InChI is InChI=1S/C21H23N3O2/c1-15(16-6-8-18(9-7-16)24-10-12-26-13-11-24)22-21(25)20-14-17-4-2-3-5-19(17)23-20/h2-9,14-15,23H,10-13H2,1H3,(H,22,25). The van der Waals surface area contributed by atoms with Crippen LogP contribution in [0.1, 0.15) is 29.0 Å². The molecule has 0 radical (unpaired) electrons. The lowest BCUT2D eigenvalue weighted by molar-refractivity contribution is 0.0935. The molecular formula is C21H23N3O2. The Kier molecular flexibility index (Phi) is 4.63. The van der Waals surface area contributed by atoms with Crippen LogP contribution in [0.15, 0.2) is 54.6 Å². The van der Waals surface area contributed by atoms with Gasteiger partial charge in [-0.05, 0) is 36.8 Å². The summed E-state index contributed by atoms with van der Waals surface area (Å²) in [5.74, 6) is -0.0917. The predicted octanol–water partition coefficient (Wildman–Crippen LogP) is 3.50. The van der Waals surface area contributed by atoms with Crippen LogP contribution in [0.2, 0.25) is 0 Å². The van der Waals surface area contributed by atoms with Crippen LogP contribution in [0.3, 0.4) is 0 Å². The van der Waals surface area contributed by atoms with E-state index in [1.165, 1.54) is 5.69 Å². The fraction of sp³-hybridized carbons (Fsp3) is 0.286. The van der Waals surface area contributed by atoms with E-state index in [0.29, 0.717) is 5.69 Å². The quantitative estimate of drug-likeness (QED) is 0.758. The van der Waals surface area contributed by atoms with Gasteiger partial charge in [0.2, 0.25) is 0 Å². The predicted molar refractivity (Wildman–Crippen MR) is 104 cm³/mol. The first-order chi connectivity index (χ1) is 12.7. The molecule has 1 unspecified atom stereocenters. The SMILES string of the molecule is CC(NC(=O)c1cc2ccccc2[nH]1)c1ccc(N2CCOCC2)cc1. The zero-order valence-corrected chi connectivity index (χ0v) is 14.9. The number of ether oxygens (including phenoxy) is 1. The number of carbonyl (C=O) groups excluding carboxylic acids is 1. The largest absolute Gasteiger partial charge is 0.378 e. The molecule has 2 aromatic carbocycles. The third-order valence-corrected chi connectivity index (χ3v) is 4.89. The molecule has 134 valence electrons. The van der Waals surface area contributed by atoms with Crippen molar-refractivity contribution in [2.45, 2.75) is 13.0 Å². The van der Waals surface area contributed by atoms with E-state index in [2.05, 4.69) is 39.5 Å². The number of amides is 1. The lowest BCUT2D eigenvalue weighted by Gasteiger charge is -2.29. The van der Waals surface area contributed by atoms with Gasteiger partial charge in [-0.3, -0.25) is 4.79 Å². The van der Waals surface area contributed by atoms with Crippen LogP contribution in [0.25, 0.3) is 10.9 Å². The van der Waals surface area contributed by atoms with Gasteiger partial charge < -0.3 is 19.9 Å². The highest BCUT2D eigenvalue weighted by atomic mass is 16.5. The van der Waals surface area contributed by atoms with Crippen LogP contribution in [0, 0.1) is 0 Å². The first kappa shape index (κ1) is 16.7. The number of morpholine rings is 1. The molecule has 5 nitrogen and oxygen atoms in total. The molecular weight excluding hydrogens is 326 g/mol. The first-order valence-corrected chi connectivity index (χ1v) is 9.02. The molecule has 26 heavy (non-hydrogen) atoms. The highest BCUT2D eigenvalue weighted by Gasteiger charge is 2.15. The van der Waals surface area contributed by atoms with Gasteiger partial charge in [-0.1, -0.05) is 30.3 Å². The van der Waals surface area contributed by atoms with E-state index in [4.69, 9.17) is 4.74 Å². The van der Waals surface area contributed by atoms with Crippen molar-refractivity contribution in [1.82, 2.24) is 10.3 Å². The van der Waals surface area contributed by atoms with Crippen molar-refractivity contribution in [2.24, 2.45) is 0 Å². The maximum absolute atomic E-state index is 12.5. The van der Waals surface area contributed by atoms with Crippen LogP contribution in [0.5, 0.6) is 0 Å². The molecule has 0 spiro atoms. The third kappa shape index (κ3) is 3.44. The molecule has 1 atom stereocenters. The summed E-state index contributed by atoms with van der Waals surface area (Å²) in [4.78, 5) is 18.0. The van der Waals surface area contributed by atoms with Crippen molar-refractivity contribution < 1.29 is 9.53 Å². The van der Waals surface area contributed by atoms with Gasteiger partial charge in [0.15, 0.2) is 0 Å². The summed E-state index contributed by atoms with van der Waals surface area (Å²) in [6.07, 6.45) is 0. The van der Waals surface area contributed by atoms with Gasteiger partial charge >= 0.3 is 0 Å². The number of para-hydroxylation sites is 1. The van der Waals surface area contributed by atoms with E-state index >= 15 is 0 Å². The lowest BCUT2D eigenvalue weighted by Crippen LogP contribution is -2.36. The Hall–Kier alpha value is -2.79. The fourth-order valence-electron chi connectivity index (χ4n) is 3.35. The van der Waals surface area contributed by atoms with Gasteiger partial charge in [0.05, 0.1) is 19.3 Å².